The summed E-state index contributed by atoms with van der Waals surface area (Å²) in [7, 11) is 0. The molecule has 0 fully saturated rings. The first-order valence-corrected chi connectivity index (χ1v) is 7.85. The van der Waals surface area contributed by atoms with E-state index in [1.54, 1.807) is 11.8 Å². The largest absolute Gasteiger partial charge is 0.465 e. The summed E-state index contributed by atoms with van der Waals surface area (Å²) < 4.78 is 5.14. The topological polar surface area (TPSA) is 38.3 Å². The number of hydrogen-bond acceptors (Lipinski definition) is 4. The summed E-state index contributed by atoms with van der Waals surface area (Å²) >= 11 is 1.69. The highest BCUT2D eigenvalue weighted by atomic mass is 32.2. The maximum atomic E-state index is 12.0. The van der Waals surface area contributed by atoms with E-state index in [4.69, 9.17) is 4.74 Å². The van der Waals surface area contributed by atoms with Crippen molar-refractivity contribution in [1.82, 2.24) is 5.32 Å². The van der Waals surface area contributed by atoms with Crippen LogP contribution in [0.5, 0.6) is 0 Å². The molecule has 0 radical (unpaired) electrons. The van der Waals surface area contributed by atoms with Crippen molar-refractivity contribution >= 4 is 17.7 Å². The molecule has 0 spiro atoms. The van der Waals surface area contributed by atoms with Crippen molar-refractivity contribution in [2.75, 3.05) is 19.4 Å². The van der Waals surface area contributed by atoms with Gasteiger partial charge < -0.3 is 10.1 Å². The van der Waals surface area contributed by atoms with Gasteiger partial charge in [0.25, 0.3) is 0 Å². The van der Waals surface area contributed by atoms with Gasteiger partial charge in [-0.05, 0) is 43.3 Å². The molecule has 0 aromatic heterocycles. The van der Waals surface area contributed by atoms with E-state index < -0.39 is 0 Å². The molecule has 0 aliphatic carbocycles. The Morgan fingerprint density at radius 3 is 2.42 bits per heavy atom. The molecule has 4 heteroatoms. The van der Waals surface area contributed by atoms with Gasteiger partial charge in [-0.1, -0.05) is 26.0 Å². The number of esters is 1. The summed E-state index contributed by atoms with van der Waals surface area (Å²) in [5.41, 5.74) is 0.955. The second kappa shape index (κ2) is 8.23. The molecule has 0 heterocycles. The minimum Gasteiger partial charge on any atom is -0.465 e. The smallest absolute Gasteiger partial charge is 0.327 e. The fourth-order valence-corrected chi connectivity index (χ4v) is 2.12. The number of carbonyl (C=O) groups excluding carboxylic acids is 1. The van der Waals surface area contributed by atoms with Crippen LogP contribution in [0, 0.1) is 5.92 Å². The molecule has 106 valence electrons. The SMILES string of the molecule is CCOC(=O)C(NCC(C)C)c1ccc(SC)cc1. The van der Waals surface area contributed by atoms with E-state index in [9.17, 15) is 4.79 Å². The molecule has 0 amide bonds. The van der Waals surface area contributed by atoms with E-state index in [1.165, 1.54) is 4.90 Å². The van der Waals surface area contributed by atoms with Gasteiger partial charge in [0.1, 0.15) is 6.04 Å². The van der Waals surface area contributed by atoms with Crippen molar-refractivity contribution in [2.24, 2.45) is 5.92 Å². The molecular formula is C15H23NO2S. The monoisotopic (exact) mass is 281 g/mol. The molecule has 3 nitrogen and oxygen atoms in total. The standard InChI is InChI=1S/C15H23NO2S/c1-5-18-15(17)14(16-10-11(2)3)12-6-8-13(19-4)9-7-12/h6-9,11,14,16H,5,10H2,1-4H3. The van der Waals surface area contributed by atoms with Crippen LogP contribution in [0.1, 0.15) is 32.4 Å². The molecule has 0 saturated carbocycles. The lowest BCUT2D eigenvalue weighted by Gasteiger charge is -2.19. The Morgan fingerprint density at radius 2 is 1.95 bits per heavy atom. The van der Waals surface area contributed by atoms with Crippen LogP contribution in [0.2, 0.25) is 0 Å². The predicted molar refractivity (Wildman–Crippen MR) is 80.4 cm³/mol. The summed E-state index contributed by atoms with van der Waals surface area (Å²) in [6.45, 7) is 7.25. The first kappa shape index (κ1) is 16.1. The highest BCUT2D eigenvalue weighted by molar-refractivity contribution is 7.98. The molecule has 1 aromatic carbocycles. The molecule has 0 bridgehead atoms. The molecular weight excluding hydrogens is 258 g/mol. The number of carbonyl (C=O) groups is 1. The lowest BCUT2D eigenvalue weighted by atomic mass is 10.1. The van der Waals surface area contributed by atoms with E-state index >= 15 is 0 Å². The van der Waals surface area contributed by atoms with Crippen molar-refractivity contribution in [3.8, 4) is 0 Å². The van der Waals surface area contributed by atoms with Crippen LogP contribution < -0.4 is 5.32 Å². The van der Waals surface area contributed by atoms with Gasteiger partial charge in [0.05, 0.1) is 6.61 Å². The fourth-order valence-electron chi connectivity index (χ4n) is 1.71. The van der Waals surface area contributed by atoms with Gasteiger partial charge in [-0.15, -0.1) is 11.8 Å². The summed E-state index contributed by atoms with van der Waals surface area (Å²) in [4.78, 5) is 13.2. The van der Waals surface area contributed by atoms with E-state index in [2.05, 4.69) is 19.2 Å². The number of hydrogen-bond donors (Lipinski definition) is 1. The van der Waals surface area contributed by atoms with Crippen molar-refractivity contribution in [3.05, 3.63) is 29.8 Å². The highest BCUT2D eigenvalue weighted by Gasteiger charge is 2.21. The first-order valence-electron chi connectivity index (χ1n) is 6.62. The second-order valence-electron chi connectivity index (χ2n) is 4.76. The molecule has 0 aliphatic heterocycles. The Kier molecular flexibility index (Phi) is 6.95. The molecule has 1 rings (SSSR count). The zero-order valence-electron chi connectivity index (χ0n) is 12.1. The molecule has 0 aliphatic rings. The van der Waals surface area contributed by atoms with Crippen molar-refractivity contribution in [1.29, 1.82) is 0 Å². The first-order chi connectivity index (χ1) is 9.08. The van der Waals surface area contributed by atoms with Gasteiger partial charge in [-0.2, -0.15) is 0 Å². The lowest BCUT2D eigenvalue weighted by molar-refractivity contribution is -0.145. The van der Waals surface area contributed by atoms with Crippen LogP contribution in [-0.4, -0.2) is 25.4 Å². The van der Waals surface area contributed by atoms with E-state index in [1.807, 2.05) is 37.4 Å². The van der Waals surface area contributed by atoms with Gasteiger partial charge in [0.15, 0.2) is 0 Å². The molecule has 1 N–H and O–H groups in total. The van der Waals surface area contributed by atoms with Gasteiger partial charge in [-0.3, -0.25) is 0 Å². The Hall–Kier alpha value is -1.00. The Labute approximate surface area is 120 Å². The third-order valence-corrected chi connectivity index (χ3v) is 3.45. The Balaban J connectivity index is 2.83. The quantitative estimate of drug-likeness (QED) is 0.615. The molecule has 1 unspecified atom stereocenters. The summed E-state index contributed by atoms with van der Waals surface area (Å²) in [5.74, 6) is 0.280. The van der Waals surface area contributed by atoms with E-state index in [0.29, 0.717) is 12.5 Å². The van der Waals surface area contributed by atoms with Crippen molar-refractivity contribution in [2.45, 2.75) is 31.7 Å². The van der Waals surface area contributed by atoms with Gasteiger partial charge in [0, 0.05) is 4.90 Å². The number of nitrogens with one attached hydrogen (secondary N) is 1. The van der Waals surface area contributed by atoms with Crippen LogP contribution in [0.3, 0.4) is 0 Å². The summed E-state index contributed by atoms with van der Waals surface area (Å²) in [6.07, 6.45) is 2.04. The van der Waals surface area contributed by atoms with Crippen LogP contribution in [0.25, 0.3) is 0 Å². The number of rotatable bonds is 7. The zero-order valence-corrected chi connectivity index (χ0v) is 12.9. The van der Waals surface area contributed by atoms with E-state index in [0.717, 1.165) is 12.1 Å². The van der Waals surface area contributed by atoms with Crippen LogP contribution in [-0.2, 0) is 9.53 Å². The maximum absolute atomic E-state index is 12.0. The average Bonchev–Trinajstić information content (AvgIpc) is 2.39. The van der Waals surface area contributed by atoms with Gasteiger partial charge in [-0.25, -0.2) is 4.79 Å². The second-order valence-corrected chi connectivity index (χ2v) is 5.64. The highest BCUT2D eigenvalue weighted by Crippen LogP contribution is 2.20. The minimum atomic E-state index is -0.377. The minimum absolute atomic E-state index is 0.208. The Bertz CT molecular complexity index is 390. The predicted octanol–water partition coefficient (Wildman–Crippen LogP) is 3.26. The third kappa shape index (κ3) is 5.25. The molecule has 1 atom stereocenters. The van der Waals surface area contributed by atoms with Crippen molar-refractivity contribution < 1.29 is 9.53 Å². The average molecular weight is 281 g/mol. The fraction of sp³-hybridized carbons (Fsp3) is 0.533. The van der Waals surface area contributed by atoms with Crippen LogP contribution >= 0.6 is 11.8 Å². The Morgan fingerprint density at radius 1 is 1.32 bits per heavy atom. The maximum Gasteiger partial charge on any atom is 0.327 e. The van der Waals surface area contributed by atoms with Gasteiger partial charge >= 0.3 is 5.97 Å². The number of ether oxygens (including phenoxy) is 1. The molecule has 1 aromatic rings. The van der Waals surface area contributed by atoms with Gasteiger partial charge in [0.2, 0.25) is 0 Å². The number of thioether (sulfide) groups is 1. The molecule has 19 heavy (non-hydrogen) atoms. The summed E-state index contributed by atoms with van der Waals surface area (Å²) in [5, 5.41) is 3.28. The van der Waals surface area contributed by atoms with Crippen LogP contribution in [0.15, 0.2) is 29.2 Å². The number of benzene rings is 1. The van der Waals surface area contributed by atoms with E-state index in [-0.39, 0.29) is 12.0 Å². The van der Waals surface area contributed by atoms with Crippen molar-refractivity contribution in [3.63, 3.8) is 0 Å². The van der Waals surface area contributed by atoms with Crippen LogP contribution in [0.4, 0.5) is 0 Å². The normalized spacial score (nSPS) is 12.5. The zero-order chi connectivity index (χ0) is 14.3. The lowest BCUT2D eigenvalue weighted by Crippen LogP contribution is -2.32. The molecule has 0 saturated heterocycles. The third-order valence-electron chi connectivity index (χ3n) is 2.70. The summed E-state index contributed by atoms with van der Waals surface area (Å²) in [6, 6.07) is 7.66.